The average molecular weight is 374 g/mol. The van der Waals surface area contributed by atoms with E-state index in [2.05, 4.69) is 4.98 Å². The maximum Gasteiger partial charge on any atom is 0.239 e. The summed E-state index contributed by atoms with van der Waals surface area (Å²) < 4.78 is 5.22. The van der Waals surface area contributed by atoms with Gasteiger partial charge >= 0.3 is 0 Å². The molecule has 0 saturated heterocycles. The number of nitrogens with two attached hydrogens (primary N) is 1. The number of amides is 1. The summed E-state index contributed by atoms with van der Waals surface area (Å²) in [6.45, 7) is 0.498. The Morgan fingerprint density at radius 2 is 2.00 bits per heavy atom. The van der Waals surface area contributed by atoms with Gasteiger partial charge in [0, 0.05) is 30.7 Å². The molecule has 26 heavy (non-hydrogen) atoms. The number of carbonyl (C=O) groups is 1. The lowest BCUT2D eigenvalue weighted by Crippen LogP contribution is -2.42. The number of fused-ring (bicyclic) bond motifs is 1. The minimum Gasteiger partial charge on any atom is -0.497 e. The fourth-order valence-electron chi connectivity index (χ4n) is 3.03. The molecule has 2 aromatic carbocycles. The van der Waals surface area contributed by atoms with E-state index in [1.54, 1.807) is 19.1 Å². The van der Waals surface area contributed by atoms with Crippen molar-refractivity contribution in [2.24, 2.45) is 5.73 Å². The summed E-state index contributed by atoms with van der Waals surface area (Å²) >= 11 is 0. The summed E-state index contributed by atoms with van der Waals surface area (Å²) in [7, 11) is 3.40. The number of hydrogen-bond acceptors (Lipinski definition) is 3. The molecule has 1 aromatic heterocycles. The van der Waals surface area contributed by atoms with Gasteiger partial charge in [0.15, 0.2) is 0 Å². The number of nitrogens with zero attached hydrogens (tertiary/aromatic N) is 1. The number of aromatic nitrogens is 1. The van der Waals surface area contributed by atoms with Gasteiger partial charge in [-0.1, -0.05) is 30.3 Å². The molecule has 0 fully saturated rings. The molecule has 0 aliphatic rings. The van der Waals surface area contributed by atoms with E-state index in [1.165, 1.54) is 0 Å². The molecule has 1 atom stereocenters. The van der Waals surface area contributed by atoms with Crippen molar-refractivity contribution in [3.63, 3.8) is 0 Å². The molecule has 1 heterocycles. The molecule has 3 N–H and O–H groups in total. The average Bonchev–Trinajstić information content (AvgIpc) is 3.04. The Kier molecular flexibility index (Phi) is 6.66. The first-order chi connectivity index (χ1) is 12.1. The summed E-state index contributed by atoms with van der Waals surface area (Å²) in [5, 5.41) is 1.11. The van der Waals surface area contributed by atoms with Crippen LogP contribution < -0.4 is 10.5 Å². The monoisotopic (exact) mass is 373 g/mol. The molecule has 6 heteroatoms. The number of methoxy groups -OCH3 is 1. The number of aromatic amines is 1. The first kappa shape index (κ1) is 19.8. The fourth-order valence-corrected chi connectivity index (χ4v) is 3.03. The van der Waals surface area contributed by atoms with E-state index >= 15 is 0 Å². The molecule has 3 aromatic rings. The number of likely N-dealkylation sites (N-methyl/N-ethyl adjacent to an activating group) is 1. The van der Waals surface area contributed by atoms with Crippen molar-refractivity contribution in [1.82, 2.24) is 9.88 Å². The molecular weight excluding hydrogens is 350 g/mol. The van der Waals surface area contributed by atoms with Gasteiger partial charge in [0.05, 0.1) is 13.2 Å². The Morgan fingerprint density at radius 1 is 1.23 bits per heavy atom. The summed E-state index contributed by atoms with van der Waals surface area (Å²) in [6, 6.07) is 15.1. The molecule has 0 bridgehead atoms. The zero-order chi connectivity index (χ0) is 17.8. The second-order valence-corrected chi connectivity index (χ2v) is 6.22. The van der Waals surface area contributed by atoms with Crippen LogP contribution in [0, 0.1) is 0 Å². The number of carbonyl (C=O) groups excluding carboxylic acids is 1. The van der Waals surface area contributed by atoms with Gasteiger partial charge < -0.3 is 20.4 Å². The Hall–Kier alpha value is -2.50. The van der Waals surface area contributed by atoms with Crippen LogP contribution >= 0.6 is 12.4 Å². The number of halogens is 1. The van der Waals surface area contributed by atoms with E-state index in [0.29, 0.717) is 13.0 Å². The zero-order valence-corrected chi connectivity index (χ0v) is 15.8. The Labute approximate surface area is 159 Å². The van der Waals surface area contributed by atoms with Gasteiger partial charge in [-0.15, -0.1) is 12.4 Å². The van der Waals surface area contributed by atoms with Crippen molar-refractivity contribution < 1.29 is 9.53 Å². The van der Waals surface area contributed by atoms with Crippen LogP contribution in [-0.2, 0) is 17.8 Å². The largest absolute Gasteiger partial charge is 0.497 e. The highest BCUT2D eigenvalue weighted by Crippen LogP contribution is 2.19. The van der Waals surface area contributed by atoms with Crippen molar-refractivity contribution in [3.8, 4) is 5.75 Å². The van der Waals surface area contributed by atoms with Gasteiger partial charge in [0.25, 0.3) is 0 Å². The molecule has 0 unspecified atom stereocenters. The van der Waals surface area contributed by atoms with Crippen molar-refractivity contribution in [2.75, 3.05) is 14.2 Å². The van der Waals surface area contributed by atoms with E-state index in [1.807, 2.05) is 54.7 Å². The lowest BCUT2D eigenvalue weighted by atomic mass is 10.0. The second kappa shape index (κ2) is 8.74. The Bertz CT molecular complexity index is 878. The normalized spacial score (nSPS) is 11.7. The van der Waals surface area contributed by atoms with E-state index < -0.39 is 6.04 Å². The van der Waals surface area contributed by atoms with Crippen LogP contribution in [0.25, 0.3) is 10.9 Å². The minimum atomic E-state index is -0.574. The number of nitrogens with one attached hydrogen (secondary N) is 1. The Morgan fingerprint density at radius 3 is 2.77 bits per heavy atom. The van der Waals surface area contributed by atoms with Gasteiger partial charge in [-0.05, 0) is 35.7 Å². The standard InChI is InChI=1S/C20H23N3O2.ClH/c1-23(13-14-6-5-7-16(10-14)25-2)20(24)18(21)11-15-12-22-19-9-4-3-8-17(15)19;/h3-10,12,18,22H,11,13,21H2,1-2H3;1H/t18-;/m0./s1. The van der Waals surface area contributed by atoms with Gasteiger partial charge in [0.2, 0.25) is 5.91 Å². The number of hydrogen-bond donors (Lipinski definition) is 2. The summed E-state index contributed by atoms with van der Waals surface area (Å²) in [4.78, 5) is 17.5. The Balaban J connectivity index is 0.00000243. The molecule has 0 aliphatic heterocycles. The quantitative estimate of drug-likeness (QED) is 0.697. The number of H-pyrrole nitrogens is 1. The zero-order valence-electron chi connectivity index (χ0n) is 14.9. The molecular formula is C20H24ClN3O2. The minimum absolute atomic E-state index is 0. The van der Waals surface area contributed by atoms with Crippen molar-refractivity contribution in [2.45, 2.75) is 19.0 Å². The van der Waals surface area contributed by atoms with Crippen molar-refractivity contribution in [1.29, 1.82) is 0 Å². The number of benzene rings is 2. The molecule has 5 nitrogen and oxygen atoms in total. The molecule has 0 radical (unpaired) electrons. The van der Waals surface area contributed by atoms with E-state index in [9.17, 15) is 4.79 Å². The van der Waals surface area contributed by atoms with Crippen LogP contribution in [0.4, 0.5) is 0 Å². The van der Waals surface area contributed by atoms with Crippen LogP contribution in [0.15, 0.2) is 54.7 Å². The van der Waals surface area contributed by atoms with Gasteiger partial charge in [-0.3, -0.25) is 4.79 Å². The summed E-state index contributed by atoms with van der Waals surface area (Å²) in [5.41, 5.74) is 9.31. The predicted molar refractivity (Wildman–Crippen MR) is 107 cm³/mol. The van der Waals surface area contributed by atoms with Crippen LogP contribution in [-0.4, -0.2) is 36.0 Å². The lowest BCUT2D eigenvalue weighted by Gasteiger charge is -2.21. The highest BCUT2D eigenvalue weighted by Gasteiger charge is 2.20. The molecule has 138 valence electrons. The fraction of sp³-hybridized carbons (Fsp3) is 0.250. The van der Waals surface area contributed by atoms with Gasteiger partial charge in [-0.25, -0.2) is 0 Å². The van der Waals surface area contributed by atoms with Crippen molar-refractivity contribution in [3.05, 3.63) is 65.9 Å². The third-order valence-electron chi connectivity index (χ3n) is 4.36. The third kappa shape index (κ3) is 4.36. The second-order valence-electron chi connectivity index (χ2n) is 6.22. The molecule has 0 aliphatic carbocycles. The maximum absolute atomic E-state index is 12.6. The highest BCUT2D eigenvalue weighted by atomic mass is 35.5. The predicted octanol–water partition coefficient (Wildman–Crippen LogP) is 3.13. The number of para-hydroxylation sites is 1. The molecule has 3 rings (SSSR count). The van der Waals surface area contributed by atoms with Crippen LogP contribution in [0.1, 0.15) is 11.1 Å². The molecule has 0 spiro atoms. The SMILES string of the molecule is COc1cccc(CN(C)C(=O)[C@@H](N)Cc2c[nH]c3ccccc23)c1.Cl. The van der Waals surface area contributed by atoms with Gasteiger partial charge in [-0.2, -0.15) is 0 Å². The summed E-state index contributed by atoms with van der Waals surface area (Å²) in [5.74, 6) is 0.703. The maximum atomic E-state index is 12.6. The smallest absolute Gasteiger partial charge is 0.239 e. The molecule has 0 saturated carbocycles. The first-order valence-electron chi connectivity index (χ1n) is 8.27. The third-order valence-corrected chi connectivity index (χ3v) is 4.36. The summed E-state index contributed by atoms with van der Waals surface area (Å²) in [6.07, 6.45) is 2.44. The first-order valence-corrected chi connectivity index (χ1v) is 8.27. The van der Waals surface area contributed by atoms with E-state index in [-0.39, 0.29) is 18.3 Å². The van der Waals surface area contributed by atoms with Crippen molar-refractivity contribution >= 4 is 29.2 Å². The van der Waals surface area contributed by atoms with Crippen LogP contribution in [0.2, 0.25) is 0 Å². The van der Waals surface area contributed by atoms with Gasteiger partial charge in [0.1, 0.15) is 5.75 Å². The van der Waals surface area contributed by atoms with E-state index in [0.717, 1.165) is 27.8 Å². The highest BCUT2D eigenvalue weighted by molar-refractivity contribution is 5.86. The lowest BCUT2D eigenvalue weighted by molar-refractivity contribution is -0.131. The van der Waals surface area contributed by atoms with Crippen LogP contribution in [0.3, 0.4) is 0 Å². The topological polar surface area (TPSA) is 71.3 Å². The molecule has 1 amide bonds. The number of ether oxygens (including phenoxy) is 1. The van der Waals surface area contributed by atoms with E-state index in [4.69, 9.17) is 10.5 Å². The number of rotatable bonds is 6. The van der Waals surface area contributed by atoms with Crippen LogP contribution in [0.5, 0.6) is 5.75 Å².